The molecule has 0 fully saturated rings. The van der Waals surface area contributed by atoms with Crippen molar-refractivity contribution in [1.82, 2.24) is 0 Å². The highest BCUT2D eigenvalue weighted by atomic mass is 79.9. The van der Waals surface area contributed by atoms with Gasteiger partial charge in [-0.2, -0.15) is 0 Å². The van der Waals surface area contributed by atoms with Crippen molar-refractivity contribution in [3.8, 4) is 5.75 Å². The Bertz CT molecular complexity index is 716. The first-order valence-electron chi connectivity index (χ1n) is 7.56. The number of carbonyl (C=O) groups is 2. The fourth-order valence-corrected chi connectivity index (χ4v) is 2.68. The maximum absolute atomic E-state index is 12.3. The first-order valence-corrected chi connectivity index (χ1v) is 8.36. The van der Waals surface area contributed by atoms with E-state index in [0.29, 0.717) is 18.0 Å². The molecule has 0 aliphatic heterocycles. The van der Waals surface area contributed by atoms with E-state index in [-0.39, 0.29) is 18.4 Å². The molecule has 2 aromatic carbocycles. The lowest BCUT2D eigenvalue weighted by molar-refractivity contribution is -0.120. The molecule has 0 saturated heterocycles. The van der Waals surface area contributed by atoms with Gasteiger partial charge in [0.05, 0.1) is 12.3 Å². The van der Waals surface area contributed by atoms with E-state index < -0.39 is 0 Å². The molecular formula is C18H19BrN2O3. The fraction of sp³-hybridized carbons (Fsp3) is 0.222. The minimum absolute atomic E-state index is 0.0643. The van der Waals surface area contributed by atoms with Gasteiger partial charge >= 0.3 is 0 Å². The van der Waals surface area contributed by atoms with Gasteiger partial charge in [-0.05, 0) is 59.3 Å². The summed E-state index contributed by atoms with van der Waals surface area (Å²) < 4.78 is 6.12. The monoisotopic (exact) mass is 390 g/mol. The molecule has 0 aromatic heterocycles. The van der Waals surface area contributed by atoms with E-state index in [0.717, 1.165) is 10.2 Å². The molecule has 0 spiro atoms. The summed E-state index contributed by atoms with van der Waals surface area (Å²) in [6, 6.07) is 14.4. The van der Waals surface area contributed by atoms with Crippen molar-refractivity contribution in [2.24, 2.45) is 0 Å². The van der Waals surface area contributed by atoms with Gasteiger partial charge in [-0.25, -0.2) is 0 Å². The van der Waals surface area contributed by atoms with Crippen LogP contribution >= 0.6 is 15.9 Å². The smallest absolute Gasteiger partial charge is 0.244 e. The summed E-state index contributed by atoms with van der Waals surface area (Å²) >= 11 is 3.41. The number of hydrogen-bond donors (Lipinski definition) is 1. The fourth-order valence-electron chi connectivity index (χ4n) is 2.18. The number of para-hydroxylation sites is 1. The van der Waals surface area contributed by atoms with Gasteiger partial charge in [0.15, 0.2) is 0 Å². The van der Waals surface area contributed by atoms with Gasteiger partial charge in [0.25, 0.3) is 0 Å². The second-order valence-corrected chi connectivity index (χ2v) is 5.92. The van der Waals surface area contributed by atoms with E-state index >= 15 is 0 Å². The molecule has 2 aromatic rings. The molecule has 0 atom stereocenters. The van der Waals surface area contributed by atoms with Gasteiger partial charge in [-0.3, -0.25) is 9.59 Å². The average Bonchev–Trinajstić information content (AvgIpc) is 2.55. The molecule has 2 rings (SSSR count). The normalized spacial score (nSPS) is 10.1. The number of carbonyl (C=O) groups excluding carboxylic acids is 2. The lowest BCUT2D eigenvalue weighted by atomic mass is 10.2. The number of benzene rings is 2. The second kappa shape index (κ2) is 8.49. The van der Waals surface area contributed by atoms with E-state index in [9.17, 15) is 9.59 Å². The van der Waals surface area contributed by atoms with Crippen molar-refractivity contribution < 1.29 is 14.3 Å². The molecule has 0 bridgehead atoms. The zero-order valence-electron chi connectivity index (χ0n) is 13.6. The molecule has 0 unspecified atom stereocenters. The predicted octanol–water partition coefficient (Wildman–Crippen LogP) is 3.84. The SMILES string of the molecule is CCOc1ccc(NC(=O)CN(C(C)=O)c2ccccc2Br)cc1. The third-order valence-electron chi connectivity index (χ3n) is 3.27. The Morgan fingerprint density at radius 2 is 1.79 bits per heavy atom. The summed E-state index contributed by atoms with van der Waals surface area (Å²) in [6.07, 6.45) is 0. The van der Waals surface area contributed by atoms with Crippen LogP contribution in [0.25, 0.3) is 0 Å². The lowest BCUT2D eigenvalue weighted by Crippen LogP contribution is -2.36. The average molecular weight is 391 g/mol. The maximum Gasteiger partial charge on any atom is 0.244 e. The zero-order valence-corrected chi connectivity index (χ0v) is 15.2. The van der Waals surface area contributed by atoms with Crippen LogP contribution in [0, 0.1) is 0 Å². The second-order valence-electron chi connectivity index (χ2n) is 5.06. The number of anilines is 2. The van der Waals surface area contributed by atoms with Crippen molar-refractivity contribution in [3.05, 3.63) is 53.0 Å². The summed E-state index contributed by atoms with van der Waals surface area (Å²) in [5.74, 6) is 0.267. The number of rotatable bonds is 6. The molecule has 0 aliphatic rings. The van der Waals surface area contributed by atoms with Crippen molar-refractivity contribution in [2.45, 2.75) is 13.8 Å². The summed E-state index contributed by atoms with van der Waals surface area (Å²) in [4.78, 5) is 25.6. The van der Waals surface area contributed by atoms with Gasteiger partial charge in [0, 0.05) is 17.1 Å². The Morgan fingerprint density at radius 1 is 1.12 bits per heavy atom. The Balaban J connectivity index is 2.06. The maximum atomic E-state index is 12.3. The Labute approximate surface area is 149 Å². The van der Waals surface area contributed by atoms with E-state index in [1.807, 2.05) is 25.1 Å². The molecule has 6 heteroatoms. The van der Waals surface area contributed by atoms with Crippen LogP contribution in [0.3, 0.4) is 0 Å². The highest BCUT2D eigenvalue weighted by molar-refractivity contribution is 9.10. The number of ether oxygens (including phenoxy) is 1. The quantitative estimate of drug-likeness (QED) is 0.814. The van der Waals surface area contributed by atoms with Crippen LogP contribution in [0.5, 0.6) is 5.75 Å². The minimum atomic E-state index is -0.273. The van der Waals surface area contributed by atoms with Crippen LogP contribution < -0.4 is 15.0 Å². The van der Waals surface area contributed by atoms with Crippen LogP contribution in [-0.4, -0.2) is 25.0 Å². The van der Waals surface area contributed by atoms with Crippen LogP contribution in [0.2, 0.25) is 0 Å². The van der Waals surface area contributed by atoms with Gasteiger partial charge in [0.1, 0.15) is 12.3 Å². The van der Waals surface area contributed by atoms with Crippen LogP contribution in [-0.2, 0) is 9.59 Å². The molecule has 2 amide bonds. The summed E-state index contributed by atoms with van der Waals surface area (Å²) in [7, 11) is 0. The molecule has 0 saturated carbocycles. The largest absolute Gasteiger partial charge is 0.494 e. The molecular weight excluding hydrogens is 372 g/mol. The van der Waals surface area contributed by atoms with E-state index in [2.05, 4.69) is 21.2 Å². The van der Waals surface area contributed by atoms with Gasteiger partial charge < -0.3 is 15.0 Å². The van der Waals surface area contributed by atoms with E-state index in [4.69, 9.17) is 4.74 Å². The number of hydrogen-bond acceptors (Lipinski definition) is 3. The van der Waals surface area contributed by atoms with Crippen LogP contribution in [0.15, 0.2) is 53.0 Å². The lowest BCUT2D eigenvalue weighted by Gasteiger charge is -2.22. The topological polar surface area (TPSA) is 58.6 Å². The number of nitrogens with zero attached hydrogens (tertiary/aromatic N) is 1. The van der Waals surface area contributed by atoms with Crippen LogP contribution in [0.1, 0.15) is 13.8 Å². The van der Waals surface area contributed by atoms with Crippen LogP contribution in [0.4, 0.5) is 11.4 Å². The van der Waals surface area contributed by atoms with Crippen molar-refractivity contribution >= 4 is 39.1 Å². The zero-order chi connectivity index (χ0) is 17.5. The third-order valence-corrected chi connectivity index (χ3v) is 3.94. The molecule has 24 heavy (non-hydrogen) atoms. The van der Waals surface area contributed by atoms with Crippen molar-refractivity contribution in [2.75, 3.05) is 23.4 Å². The molecule has 5 nitrogen and oxygen atoms in total. The summed E-state index contributed by atoms with van der Waals surface area (Å²) in [6.45, 7) is 3.87. The molecule has 0 aliphatic carbocycles. The van der Waals surface area contributed by atoms with Gasteiger partial charge in [-0.15, -0.1) is 0 Å². The standard InChI is InChI=1S/C18H19BrN2O3/c1-3-24-15-10-8-14(9-11-15)20-18(23)12-21(13(2)22)17-7-5-4-6-16(17)19/h4-11H,3,12H2,1-2H3,(H,20,23). The summed E-state index contributed by atoms with van der Waals surface area (Å²) in [5.41, 5.74) is 1.31. The van der Waals surface area contributed by atoms with E-state index in [1.54, 1.807) is 30.3 Å². The number of halogens is 1. The molecule has 0 heterocycles. The minimum Gasteiger partial charge on any atom is -0.494 e. The van der Waals surface area contributed by atoms with E-state index in [1.165, 1.54) is 11.8 Å². The number of amides is 2. The molecule has 0 radical (unpaired) electrons. The third kappa shape index (κ3) is 4.83. The Morgan fingerprint density at radius 3 is 2.38 bits per heavy atom. The first kappa shape index (κ1) is 18.0. The van der Waals surface area contributed by atoms with Crippen molar-refractivity contribution in [3.63, 3.8) is 0 Å². The highest BCUT2D eigenvalue weighted by Gasteiger charge is 2.17. The Hall–Kier alpha value is -2.34. The molecule has 126 valence electrons. The summed E-state index contributed by atoms with van der Waals surface area (Å²) in [5, 5.41) is 2.78. The van der Waals surface area contributed by atoms with Gasteiger partial charge in [-0.1, -0.05) is 12.1 Å². The Kier molecular flexibility index (Phi) is 6.37. The van der Waals surface area contributed by atoms with Crippen molar-refractivity contribution in [1.29, 1.82) is 0 Å². The predicted molar refractivity (Wildman–Crippen MR) is 98.4 cm³/mol. The first-order chi connectivity index (χ1) is 11.5. The number of nitrogens with one attached hydrogen (secondary N) is 1. The van der Waals surface area contributed by atoms with Gasteiger partial charge in [0.2, 0.25) is 11.8 Å². The molecule has 1 N–H and O–H groups in total. The highest BCUT2D eigenvalue weighted by Crippen LogP contribution is 2.26.